The van der Waals surface area contributed by atoms with Gasteiger partial charge in [-0.3, -0.25) is 4.79 Å². The van der Waals surface area contributed by atoms with Gasteiger partial charge in [0.1, 0.15) is 0 Å². The molecule has 0 aliphatic rings. The second-order valence-electron chi connectivity index (χ2n) is 5.56. The van der Waals surface area contributed by atoms with Crippen LogP contribution in [0.3, 0.4) is 0 Å². The number of rotatable bonds is 8. The number of aryl methyl sites for hydroxylation is 1. The summed E-state index contributed by atoms with van der Waals surface area (Å²) in [6, 6.07) is 13.2. The van der Waals surface area contributed by atoms with Gasteiger partial charge in [0.15, 0.2) is 5.76 Å². The van der Waals surface area contributed by atoms with Gasteiger partial charge in [-0.25, -0.2) is 4.79 Å². The van der Waals surface area contributed by atoms with Crippen LogP contribution in [0.5, 0.6) is 0 Å². The smallest absolute Gasteiger partial charge is 0.315 e. The summed E-state index contributed by atoms with van der Waals surface area (Å²) in [6.07, 6.45) is 3.23. The Hall–Kier alpha value is -2.76. The minimum Gasteiger partial charge on any atom is -0.459 e. The molecule has 0 spiro atoms. The monoisotopic (exact) mass is 329 g/mol. The molecule has 6 nitrogen and oxygen atoms in total. The van der Waals surface area contributed by atoms with Crippen molar-refractivity contribution >= 4 is 11.9 Å². The molecule has 0 saturated heterocycles. The van der Waals surface area contributed by atoms with Gasteiger partial charge in [-0.1, -0.05) is 30.3 Å². The molecule has 0 saturated carbocycles. The predicted octanol–water partition coefficient (Wildman–Crippen LogP) is 2.33. The van der Waals surface area contributed by atoms with Crippen LogP contribution in [0.25, 0.3) is 0 Å². The lowest BCUT2D eigenvalue weighted by atomic mass is 10.1. The van der Waals surface area contributed by atoms with Crippen LogP contribution in [0.15, 0.2) is 53.1 Å². The van der Waals surface area contributed by atoms with Crippen LogP contribution in [0.2, 0.25) is 0 Å². The van der Waals surface area contributed by atoms with Crippen molar-refractivity contribution in [3.63, 3.8) is 0 Å². The number of furan rings is 1. The second kappa shape index (κ2) is 9.39. The van der Waals surface area contributed by atoms with Crippen LogP contribution >= 0.6 is 0 Å². The Labute approximate surface area is 141 Å². The highest BCUT2D eigenvalue weighted by Gasteiger charge is 2.09. The Morgan fingerprint density at radius 3 is 2.50 bits per heavy atom. The lowest BCUT2D eigenvalue weighted by Crippen LogP contribution is -2.43. The van der Waals surface area contributed by atoms with Gasteiger partial charge >= 0.3 is 6.03 Å². The van der Waals surface area contributed by atoms with E-state index < -0.39 is 0 Å². The number of hydrogen-bond donors (Lipinski definition) is 3. The molecule has 1 atom stereocenters. The normalized spacial score (nSPS) is 11.5. The zero-order valence-corrected chi connectivity index (χ0v) is 13.7. The number of carbonyl (C=O) groups is 2. The van der Waals surface area contributed by atoms with E-state index >= 15 is 0 Å². The lowest BCUT2D eigenvalue weighted by Gasteiger charge is -2.14. The summed E-state index contributed by atoms with van der Waals surface area (Å²) in [4.78, 5) is 23.4. The third-order valence-electron chi connectivity index (χ3n) is 3.53. The predicted molar refractivity (Wildman–Crippen MR) is 91.8 cm³/mol. The Kier molecular flexibility index (Phi) is 6.89. The highest BCUT2D eigenvalue weighted by molar-refractivity contribution is 5.91. The van der Waals surface area contributed by atoms with E-state index in [9.17, 15) is 9.59 Å². The van der Waals surface area contributed by atoms with Gasteiger partial charge < -0.3 is 20.4 Å². The van der Waals surface area contributed by atoms with Gasteiger partial charge in [0.2, 0.25) is 0 Å². The molecular weight excluding hydrogens is 306 g/mol. The Bertz CT molecular complexity index is 626. The van der Waals surface area contributed by atoms with Gasteiger partial charge in [0, 0.05) is 19.1 Å². The molecule has 0 radical (unpaired) electrons. The van der Waals surface area contributed by atoms with Gasteiger partial charge in [-0.05, 0) is 37.5 Å². The van der Waals surface area contributed by atoms with Crippen molar-refractivity contribution in [3.8, 4) is 0 Å². The summed E-state index contributed by atoms with van der Waals surface area (Å²) in [7, 11) is 0. The summed E-state index contributed by atoms with van der Waals surface area (Å²) < 4.78 is 4.98. The zero-order chi connectivity index (χ0) is 17.2. The molecule has 3 amide bonds. The third kappa shape index (κ3) is 6.16. The highest BCUT2D eigenvalue weighted by atomic mass is 16.3. The fraction of sp³-hybridized carbons (Fsp3) is 0.333. The van der Waals surface area contributed by atoms with Crippen molar-refractivity contribution in [1.82, 2.24) is 16.0 Å². The van der Waals surface area contributed by atoms with Crippen molar-refractivity contribution in [3.05, 3.63) is 60.1 Å². The maximum atomic E-state index is 11.8. The number of nitrogens with one attached hydrogen (secondary N) is 3. The second-order valence-corrected chi connectivity index (χ2v) is 5.56. The van der Waals surface area contributed by atoms with E-state index in [1.54, 1.807) is 12.1 Å². The maximum Gasteiger partial charge on any atom is 0.315 e. The SMILES string of the molecule is C[C@H](CCc1ccccc1)NC(=O)NCCNC(=O)c1ccco1. The summed E-state index contributed by atoms with van der Waals surface area (Å²) in [5, 5.41) is 8.27. The van der Waals surface area contributed by atoms with Gasteiger partial charge in [0.05, 0.1) is 6.26 Å². The van der Waals surface area contributed by atoms with Crippen LogP contribution < -0.4 is 16.0 Å². The Balaban J connectivity index is 1.56. The number of amides is 3. The quantitative estimate of drug-likeness (QED) is 0.650. The van der Waals surface area contributed by atoms with Gasteiger partial charge in [-0.2, -0.15) is 0 Å². The lowest BCUT2D eigenvalue weighted by molar-refractivity contribution is 0.0926. The molecule has 2 rings (SSSR count). The topological polar surface area (TPSA) is 83.4 Å². The van der Waals surface area contributed by atoms with E-state index in [-0.39, 0.29) is 23.7 Å². The third-order valence-corrected chi connectivity index (χ3v) is 3.53. The standard InChI is InChI=1S/C18H23N3O3/c1-14(9-10-15-6-3-2-4-7-15)21-18(23)20-12-11-19-17(22)16-8-5-13-24-16/h2-8,13-14H,9-12H2,1H3,(H,19,22)(H2,20,21,23)/t14-/m1/s1. The van der Waals surface area contributed by atoms with Crippen LogP contribution in [0, 0.1) is 0 Å². The van der Waals surface area contributed by atoms with Crippen LogP contribution in [-0.2, 0) is 6.42 Å². The summed E-state index contributed by atoms with van der Waals surface area (Å²) in [5.41, 5.74) is 1.26. The Morgan fingerprint density at radius 2 is 1.79 bits per heavy atom. The van der Waals surface area contributed by atoms with Crippen molar-refractivity contribution in [2.24, 2.45) is 0 Å². The molecule has 0 unspecified atom stereocenters. The number of benzene rings is 1. The summed E-state index contributed by atoms with van der Waals surface area (Å²) in [6.45, 7) is 2.66. The fourth-order valence-corrected chi connectivity index (χ4v) is 2.22. The highest BCUT2D eigenvalue weighted by Crippen LogP contribution is 2.04. The van der Waals surface area contributed by atoms with E-state index in [4.69, 9.17) is 4.42 Å². The molecule has 1 aromatic heterocycles. The molecule has 1 heterocycles. The van der Waals surface area contributed by atoms with Crippen LogP contribution in [0.1, 0.15) is 29.5 Å². The molecule has 24 heavy (non-hydrogen) atoms. The average Bonchev–Trinajstić information content (AvgIpc) is 3.12. The molecule has 128 valence electrons. The van der Waals surface area contributed by atoms with E-state index in [0.717, 1.165) is 12.8 Å². The van der Waals surface area contributed by atoms with Crippen molar-refractivity contribution in [2.75, 3.05) is 13.1 Å². The van der Waals surface area contributed by atoms with Gasteiger partial charge in [0.25, 0.3) is 5.91 Å². The van der Waals surface area contributed by atoms with E-state index in [1.165, 1.54) is 11.8 Å². The van der Waals surface area contributed by atoms with Gasteiger partial charge in [-0.15, -0.1) is 0 Å². The molecule has 2 aromatic rings. The first kappa shape index (κ1) is 17.6. The molecule has 0 bridgehead atoms. The number of hydrogen-bond acceptors (Lipinski definition) is 3. The van der Waals surface area contributed by atoms with E-state index in [2.05, 4.69) is 28.1 Å². The van der Waals surface area contributed by atoms with Crippen LogP contribution in [-0.4, -0.2) is 31.1 Å². The first-order chi connectivity index (χ1) is 11.6. The Morgan fingerprint density at radius 1 is 1.04 bits per heavy atom. The summed E-state index contributed by atoms with van der Waals surface area (Å²) >= 11 is 0. The van der Waals surface area contributed by atoms with Crippen molar-refractivity contribution < 1.29 is 14.0 Å². The largest absolute Gasteiger partial charge is 0.459 e. The molecule has 0 aliphatic carbocycles. The molecule has 3 N–H and O–H groups in total. The zero-order valence-electron chi connectivity index (χ0n) is 13.7. The molecule has 0 aliphatic heterocycles. The first-order valence-electron chi connectivity index (χ1n) is 8.05. The van der Waals surface area contributed by atoms with E-state index in [1.807, 2.05) is 25.1 Å². The minimum atomic E-state index is -0.293. The average molecular weight is 329 g/mol. The minimum absolute atomic E-state index is 0.0721. The molecule has 0 fully saturated rings. The van der Waals surface area contributed by atoms with Crippen molar-refractivity contribution in [2.45, 2.75) is 25.8 Å². The van der Waals surface area contributed by atoms with Crippen LogP contribution in [0.4, 0.5) is 4.79 Å². The molecule has 1 aromatic carbocycles. The number of urea groups is 1. The number of carbonyl (C=O) groups excluding carboxylic acids is 2. The first-order valence-corrected chi connectivity index (χ1v) is 8.05. The fourth-order valence-electron chi connectivity index (χ4n) is 2.22. The van der Waals surface area contributed by atoms with E-state index in [0.29, 0.717) is 13.1 Å². The molecule has 6 heteroatoms. The summed E-state index contributed by atoms with van der Waals surface area (Å²) in [5.74, 6) is -0.0348. The molecular formula is C18H23N3O3. The van der Waals surface area contributed by atoms with Crippen molar-refractivity contribution in [1.29, 1.82) is 0 Å². The maximum absolute atomic E-state index is 11.8.